The Balaban J connectivity index is 1.11. The van der Waals surface area contributed by atoms with Gasteiger partial charge in [0, 0.05) is 44.3 Å². The number of hydrogen-bond acceptors (Lipinski definition) is 5. The minimum Gasteiger partial charge on any atom is -0.354 e. The van der Waals surface area contributed by atoms with Gasteiger partial charge in [0.2, 0.25) is 5.91 Å². The Hall–Kier alpha value is -3.25. The number of nitrogens with zero attached hydrogens (tertiary/aromatic N) is 4. The largest absolute Gasteiger partial charge is 0.354 e. The number of rotatable bonds is 6. The van der Waals surface area contributed by atoms with E-state index in [9.17, 15) is 4.79 Å². The second kappa shape index (κ2) is 11.0. The van der Waals surface area contributed by atoms with Crippen LogP contribution in [0.15, 0.2) is 66.7 Å². The maximum Gasteiger partial charge on any atom is 0.225 e. The molecule has 0 aliphatic carbocycles. The predicted molar refractivity (Wildman–Crippen MR) is 140 cm³/mol. The van der Waals surface area contributed by atoms with Crippen molar-refractivity contribution in [2.24, 2.45) is 5.92 Å². The normalized spacial score (nSPS) is 19.5. The number of nitrogens with one attached hydrogen (secondary N) is 1. The molecule has 0 radical (unpaired) electrons. The molecule has 0 saturated carbocycles. The van der Waals surface area contributed by atoms with E-state index in [1.807, 2.05) is 12.1 Å². The summed E-state index contributed by atoms with van der Waals surface area (Å²) in [6, 6.07) is 23.3. The van der Waals surface area contributed by atoms with Gasteiger partial charge in [0.15, 0.2) is 5.82 Å². The van der Waals surface area contributed by atoms with Crippen molar-refractivity contribution in [2.75, 3.05) is 31.1 Å². The highest BCUT2D eigenvalue weighted by atomic mass is 16.2. The number of carbonyl (C=O) groups excluding carboxylic acids is 1. The van der Waals surface area contributed by atoms with Crippen LogP contribution >= 0.6 is 0 Å². The van der Waals surface area contributed by atoms with E-state index < -0.39 is 0 Å². The van der Waals surface area contributed by atoms with Crippen molar-refractivity contribution in [1.82, 2.24) is 20.4 Å². The second-order valence-electron chi connectivity index (χ2n) is 9.97. The summed E-state index contributed by atoms with van der Waals surface area (Å²) in [5.41, 5.74) is 4.53. The zero-order chi connectivity index (χ0) is 24.0. The molecule has 3 aromatic rings. The number of piperidine rings is 2. The number of hydrogen-bond donors (Lipinski definition) is 1. The SMILES string of the molecule is Cc1ccc(-c2ccc(N3CCCC(C(=O)NC4CCN(Cc5ccccc5)CC4)C3)nn2)cc1. The van der Waals surface area contributed by atoms with Crippen LogP contribution in [0.4, 0.5) is 5.82 Å². The minimum absolute atomic E-state index is 0.00433. The average Bonchev–Trinajstić information content (AvgIpc) is 2.91. The molecule has 2 saturated heterocycles. The van der Waals surface area contributed by atoms with Crippen molar-refractivity contribution in [3.63, 3.8) is 0 Å². The second-order valence-corrected chi connectivity index (χ2v) is 9.97. The molecular formula is C29H35N5O. The Morgan fingerprint density at radius 3 is 2.40 bits per heavy atom. The number of carbonyl (C=O) groups is 1. The van der Waals surface area contributed by atoms with Crippen LogP contribution in [-0.4, -0.2) is 53.2 Å². The Morgan fingerprint density at radius 2 is 1.69 bits per heavy atom. The van der Waals surface area contributed by atoms with Gasteiger partial charge in [-0.1, -0.05) is 60.2 Å². The van der Waals surface area contributed by atoms with E-state index in [1.165, 1.54) is 11.1 Å². The van der Waals surface area contributed by atoms with Crippen LogP contribution in [0, 0.1) is 12.8 Å². The fourth-order valence-electron chi connectivity index (χ4n) is 5.17. The van der Waals surface area contributed by atoms with Crippen LogP contribution in [0.1, 0.15) is 36.8 Å². The molecule has 2 fully saturated rings. The standard InChI is InChI=1S/C29H35N5O/c1-22-9-11-24(12-10-22)27-13-14-28(32-31-27)34-17-5-8-25(21-34)29(35)30-26-15-18-33(19-16-26)20-23-6-3-2-4-7-23/h2-4,6-7,9-14,25-26H,5,8,15-21H2,1H3,(H,30,35). The number of amides is 1. The van der Waals surface area contributed by atoms with Gasteiger partial charge in [-0.25, -0.2) is 0 Å². The van der Waals surface area contributed by atoms with E-state index in [2.05, 4.69) is 86.8 Å². The highest BCUT2D eigenvalue weighted by Crippen LogP contribution is 2.24. The van der Waals surface area contributed by atoms with Crippen LogP contribution in [0.5, 0.6) is 0 Å². The van der Waals surface area contributed by atoms with E-state index in [-0.39, 0.29) is 17.9 Å². The zero-order valence-corrected chi connectivity index (χ0v) is 20.6. The lowest BCUT2D eigenvalue weighted by Gasteiger charge is -2.35. The third-order valence-electron chi connectivity index (χ3n) is 7.30. The van der Waals surface area contributed by atoms with Crippen LogP contribution in [0.2, 0.25) is 0 Å². The molecule has 1 atom stereocenters. The quantitative estimate of drug-likeness (QED) is 0.578. The molecule has 6 heteroatoms. The van der Waals surface area contributed by atoms with Gasteiger partial charge in [0.25, 0.3) is 0 Å². The Labute approximate surface area is 208 Å². The summed E-state index contributed by atoms with van der Waals surface area (Å²) in [6.45, 7) is 6.75. The zero-order valence-electron chi connectivity index (χ0n) is 20.6. The summed E-state index contributed by atoms with van der Waals surface area (Å²) in [7, 11) is 0. The lowest BCUT2D eigenvalue weighted by molar-refractivity contribution is -0.126. The van der Waals surface area contributed by atoms with Gasteiger partial charge in [0.1, 0.15) is 0 Å². The first kappa shape index (κ1) is 23.5. The Bertz CT molecular complexity index is 1090. The highest BCUT2D eigenvalue weighted by molar-refractivity contribution is 5.80. The Kier molecular flexibility index (Phi) is 7.38. The number of aromatic nitrogens is 2. The van der Waals surface area contributed by atoms with Gasteiger partial charge in [-0.2, -0.15) is 0 Å². The van der Waals surface area contributed by atoms with Crippen LogP contribution in [0.3, 0.4) is 0 Å². The summed E-state index contributed by atoms with van der Waals surface area (Å²) in [5, 5.41) is 12.3. The van der Waals surface area contributed by atoms with E-state index in [0.29, 0.717) is 6.54 Å². The molecule has 0 spiro atoms. The fraction of sp³-hybridized carbons (Fsp3) is 0.414. The summed E-state index contributed by atoms with van der Waals surface area (Å²) >= 11 is 0. The first-order valence-corrected chi connectivity index (χ1v) is 12.9. The summed E-state index contributed by atoms with van der Waals surface area (Å²) < 4.78 is 0. The molecule has 0 bridgehead atoms. The van der Waals surface area contributed by atoms with Crippen molar-refractivity contribution >= 4 is 11.7 Å². The average molecular weight is 470 g/mol. The minimum atomic E-state index is 0.00433. The Morgan fingerprint density at radius 1 is 0.914 bits per heavy atom. The van der Waals surface area contributed by atoms with Crippen LogP contribution in [-0.2, 0) is 11.3 Å². The number of benzene rings is 2. The number of aryl methyl sites for hydroxylation is 1. The molecular weight excluding hydrogens is 434 g/mol. The monoisotopic (exact) mass is 469 g/mol. The lowest BCUT2D eigenvalue weighted by atomic mass is 9.95. The van der Waals surface area contributed by atoms with Gasteiger partial charge in [-0.3, -0.25) is 9.69 Å². The molecule has 3 heterocycles. The maximum atomic E-state index is 13.1. The molecule has 1 N–H and O–H groups in total. The van der Waals surface area contributed by atoms with E-state index in [0.717, 1.165) is 68.9 Å². The van der Waals surface area contributed by atoms with Crippen molar-refractivity contribution < 1.29 is 4.79 Å². The van der Waals surface area contributed by atoms with Gasteiger partial charge < -0.3 is 10.2 Å². The molecule has 35 heavy (non-hydrogen) atoms. The van der Waals surface area contributed by atoms with Crippen molar-refractivity contribution in [1.29, 1.82) is 0 Å². The van der Waals surface area contributed by atoms with Crippen molar-refractivity contribution in [3.8, 4) is 11.3 Å². The maximum absolute atomic E-state index is 13.1. The number of anilines is 1. The summed E-state index contributed by atoms with van der Waals surface area (Å²) in [5.74, 6) is 1.05. The lowest BCUT2D eigenvalue weighted by Crippen LogP contribution is -2.49. The molecule has 1 aromatic heterocycles. The predicted octanol–water partition coefficient (Wildman–Crippen LogP) is 4.45. The third-order valence-corrected chi connectivity index (χ3v) is 7.30. The molecule has 1 unspecified atom stereocenters. The smallest absolute Gasteiger partial charge is 0.225 e. The molecule has 1 amide bonds. The molecule has 2 aliphatic rings. The van der Waals surface area contributed by atoms with Gasteiger partial charge >= 0.3 is 0 Å². The van der Waals surface area contributed by atoms with Crippen molar-refractivity contribution in [2.45, 2.75) is 45.2 Å². The first-order chi connectivity index (χ1) is 17.1. The molecule has 5 rings (SSSR count). The van der Waals surface area contributed by atoms with Gasteiger partial charge in [0.05, 0.1) is 11.6 Å². The van der Waals surface area contributed by atoms with E-state index in [4.69, 9.17) is 0 Å². The first-order valence-electron chi connectivity index (χ1n) is 12.9. The fourth-order valence-corrected chi connectivity index (χ4v) is 5.17. The van der Waals surface area contributed by atoms with Crippen LogP contribution in [0.25, 0.3) is 11.3 Å². The summed E-state index contributed by atoms with van der Waals surface area (Å²) in [6.07, 6.45) is 3.96. The van der Waals surface area contributed by atoms with Crippen LogP contribution < -0.4 is 10.2 Å². The van der Waals surface area contributed by atoms with Gasteiger partial charge in [-0.15, -0.1) is 10.2 Å². The molecule has 2 aromatic carbocycles. The van der Waals surface area contributed by atoms with Gasteiger partial charge in [-0.05, 0) is 50.3 Å². The molecule has 182 valence electrons. The molecule has 2 aliphatic heterocycles. The molecule has 6 nitrogen and oxygen atoms in total. The number of likely N-dealkylation sites (tertiary alicyclic amines) is 1. The summed E-state index contributed by atoms with van der Waals surface area (Å²) in [4.78, 5) is 17.8. The van der Waals surface area contributed by atoms with Crippen molar-refractivity contribution in [3.05, 3.63) is 77.9 Å². The third kappa shape index (κ3) is 6.06. The van der Waals surface area contributed by atoms with E-state index >= 15 is 0 Å². The van der Waals surface area contributed by atoms with E-state index in [1.54, 1.807) is 0 Å². The topological polar surface area (TPSA) is 61.4 Å². The highest BCUT2D eigenvalue weighted by Gasteiger charge is 2.29.